The van der Waals surface area contributed by atoms with E-state index in [4.69, 9.17) is 4.74 Å². The summed E-state index contributed by atoms with van der Waals surface area (Å²) in [6.07, 6.45) is 4.32. The number of benzene rings is 2. The van der Waals surface area contributed by atoms with Crippen LogP contribution in [0.1, 0.15) is 62.3 Å². The van der Waals surface area contributed by atoms with E-state index in [-0.39, 0.29) is 29.9 Å². The molecule has 2 aromatic rings. The number of carbonyl (C=O) groups excluding carboxylic acids is 2. The van der Waals surface area contributed by atoms with Crippen LogP contribution in [0.4, 0.5) is 0 Å². The van der Waals surface area contributed by atoms with Gasteiger partial charge in [-0.05, 0) is 61.4 Å². The van der Waals surface area contributed by atoms with Crippen molar-refractivity contribution in [2.75, 3.05) is 19.7 Å². The monoisotopic (exact) mass is 486 g/mol. The normalized spacial score (nSPS) is 15.5. The maximum Gasteiger partial charge on any atom is 0.306 e. The molecule has 1 aliphatic rings. The third-order valence-electron chi connectivity index (χ3n) is 6.12. The Morgan fingerprint density at radius 1 is 0.971 bits per heavy atom. The molecule has 184 valence electrons. The molecule has 34 heavy (non-hydrogen) atoms. The molecular weight excluding hydrogens is 452 g/mol. The van der Waals surface area contributed by atoms with E-state index < -0.39 is 16.0 Å². The molecule has 0 bridgehead atoms. The van der Waals surface area contributed by atoms with Crippen LogP contribution < -0.4 is 5.32 Å². The van der Waals surface area contributed by atoms with Gasteiger partial charge < -0.3 is 10.1 Å². The van der Waals surface area contributed by atoms with Gasteiger partial charge in [0.25, 0.3) is 5.91 Å². The van der Waals surface area contributed by atoms with E-state index in [0.717, 1.165) is 36.8 Å². The molecule has 0 aliphatic carbocycles. The third kappa shape index (κ3) is 7.14. The number of rotatable bonds is 10. The van der Waals surface area contributed by atoms with E-state index in [1.54, 1.807) is 24.3 Å². The molecule has 7 nitrogen and oxygen atoms in total. The van der Waals surface area contributed by atoms with E-state index in [9.17, 15) is 18.0 Å². The van der Waals surface area contributed by atoms with Crippen LogP contribution in [-0.4, -0.2) is 44.3 Å². The van der Waals surface area contributed by atoms with Crippen molar-refractivity contribution < 1.29 is 22.7 Å². The van der Waals surface area contributed by atoms with Crippen LogP contribution in [-0.2, 0) is 37.2 Å². The van der Waals surface area contributed by atoms with E-state index in [1.807, 2.05) is 31.2 Å². The Hall–Kier alpha value is -2.71. The molecule has 8 heteroatoms. The average molecular weight is 487 g/mol. The maximum atomic E-state index is 12.7. The number of sulfonamides is 1. The molecule has 0 aromatic heterocycles. The first-order valence-electron chi connectivity index (χ1n) is 11.9. The lowest BCUT2D eigenvalue weighted by Crippen LogP contribution is -2.35. The molecular formula is C26H34N2O5S. The molecule has 1 unspecified atom stereocenters. The highest BCUT2D eigenvalue weighted by molar-refractivity contribution is 7.89. The third-order valence-corrected chi connectivity index (χ3v) is 8.04. The lowest BCUT2D eigenvalue weighted by molar-refractivity contribution is -0.148. The summed E-state index contributed by atoms with van der Waals surface area (Å²) in [6.45, 7) is 4.77. The number of nitrogens with one attached hydrogen (secondary N) is 1. The number of esters is 1. The number of hydrogen-bond acceptors (Lipinski definition) is 5. The SMILES string of the molecule is CCc1ccc(C(C)NC(=O)COC(=O)CCc2ccc(S(=O)(=O)N3CCCCC3)cc2)cc1. The molecule has 1 fully saturated rings. The number of hydrogen-bond donors (Lipinski definition) is 1. The van der Waals surface area contributed by atoms with Crippen molar-refractivity contribution in [1.29, 1.82) is 0 Å². The summed E-state index contributed by atoms with van der Waals surface area (Å²) in [4.78, 5) is 24.5. The van der Waals surface area contributed by atoms with Gasteiger partial charge in [-0.3, -0.25) is 9.59 Å². The van der Waals surface area contributed by atoms with E-state index in [2.05, 4.69) is 12.2 Å². The van der Waals surface area contributed by atoms with Crippen molar-refractivity contribution in [2.45, 2.75) is 63.3 Å². The summed E-state index contributed by atoms with van der Waals surface area (Å²) in [6, 6.07) is 14.5. The highest BCUT2D eigenvalue weighted by Gasteiger charge is 2.25. The Balaban J connectivity index is 1.41. The predicted octanol–water partition coefficient (Wildman–Crippen LogP) is 3.78. The van der Waals surface area contributed by atoms with Crippen LogP contribution in [0.25, 0.3) is 0 Å². The first-order chi connectivity index (χ1) is 16.3. The summed E-state index contributed by atoms with van der Waals surface area (Å²) in [5, 5.41) is 2.83. The largest absolute Gasteiger partial charge is 0.456 e. The first-order valence-corrected chi connectivity index (χ1v) is 13.4. The fraction of sp³-hybridized carbons (Fsp3) is 0.462. The average Bonchev–Trinajstić information content (AvgIpc) is 2.87. The van der Waals surface area contributed by atoms with Crippen molar-refractivity contribution in [2.24, 2.45) is 0 Å². The molecule has 2 aromatic carbocycles. The number of piperidine rings is 1. The Kier molecular flexibility index (Phi) is 9.24. The topological polar surface area (TPSA) is 92.8 Å². The van der Waals surface area contributed by atoms with Crippen molar-refractivity contribution in [3.8, 4) is 0 Å². The van der Waals surface area contributed by atoms with Gasteiger partial charge in [0, 0.05) is 19.5 Å². The second kappa shape index (κ2) is 12.1. The number of amides is 1. The van der Waals surface area contributed by atoms with Crippen molar-refractivity contribution in [3.05, 3.63) is 65.2 Å². The van der Waals surface area contributed by atoms with E-state index in [0.29, 0.717) is 19.5 Å². The molecule has 1 saturated heterocycles. The second-order valence-electron chi connectivity index (χ2n) is 8.65. The summed E-state index contributed by atoms with van der Waals surface area (Å²) >= 11 is 0. The summed E-state index contributed by atoms with van der Waals surface area (Å²) in [7, 11) is -3.46. The van der Waals surface area contributed by atoms with Gasteiger partial charge in [0.2, 0.25) is 10.0 Å². The maximum absolute atomic E-state index is 12.7. The predicted molar refractivity (Wildman–Crippen MR) is 131 cm³/mol. The number of ether oxygens (including phenoxy) is 1. The molecule has 1 aliphatic heterocycles. The van der Waals surface area contributed by atoms with Crippen molar-refractivity contribution in [3.63, 3.8) is 0 Å². The zero-order valence-corrected chi connectivity index (χ0v) is 20.8. The number of aryl methyl sites for hydroxylation is 2. The zero-order valence-electron chi connectivity index (χ0n) is 20.0. The minimum absolute atomic E-state index is 0.111. The molecule has 1 atom stereocenters. The molecule has 0 spiro atoms. The van der Waals surface area contributed by atoms with Crippen LogP contribution in [0.15, 0.2) is 53.4 Å². The minimum atomic E-state index is -3.46. The summed E-state index contributed by atoms with van der Waals surface area (Å²) < 4.78 is 32.1. The van der Waals surface area contributed by atoms with Crippen LogP contribution in [0.3, 0.4) is 0 Å². The standard InChI is InChI=1S/C26H34N2O5S/c1-3-21-7-12-23(13-8-21)20(2)27-25(29)19-33-26(30)16-11-22-9-14-24(15-10-22)34(31,32)28-17-5-4-6-18-28/h7-10,12-15,20H,3-6,11,16-19H2,1-2H3,(H,27,29). The number of carbonyl (C=O) groups is 2. The summed E-state index contributed by atoms with van der Waals surface area (Å²) in [5.74, 6) is -0.826. The van der Waals surface area contributed by atoms with Gasteiger partial charge in [-0.15, -0.1) is 0 Å². The van der Waals surface area contributed by atoms with Gasteiger partial charge in [-0.1, -0.05) is 49.7 Å². The zero-order chi connectivity index (χ0) is 24.6. The van der Waals surface area contributed by atoms with Gasteiger partial charge in [0.1, 0.15) is 0 Å². The van der Waals surface area contributed by atoms with Gasteiger partial charge >= 0.3 is 5.97 Å². The van der Waals surface area contributed by atoms with Crippen LogP contribution in [0.2, 0.25) is 0 Å². The fourth-order valence-corrected chi connectivity index (χ4v) is 5.47. The minimum Gasteiger partial charge on any atom is -0.456 e. The van der Waals surface area contributed by atoms with Crippen molar-refractivity contribution in [1.82, 2.24) is 9.62 Å². The molecule has 0 saturated carbocycles. The highest BCUT2D eigenvalue weighted by atomic mass is 32.2. The van der Waals surface area contributed by atoms with Gasteiger partial charge in [0.05, 0.1) is 10.9 Å². The Bertz CT molecular complexity index is 1060. The second-order valence-corrected chi connectivity index (χ2v) is 10.6. The molecule has 0 radical (unpaired) electrons. The lowest BCUT2D eigenvalue weighted by atomic mass is 10.1. The van der Waals surface area contributed by atoms with Gasteiger partial charge in [0.15, 0.2) is 6.61 Å². The van der Waals surface area contributed by atoms with E-state index in [1.165, 1.54) is 9.87 Å². The Morgan fingerprint density at radius 2 is 1.59 bits per heavy atom. The van der Waals surface area contributed by atoms with Crippen LogP contribution in [0.5, 0.6) is 0 Å². The number of nitrogens with zero attached hydrogens (tertiary/aromatic N) is 1. The Morgan fingerprint density at radius 3 is 2.21 bits per heavy atom. The quantitative estimate of drug-likeness (QED) is 0.516. The Labute approximate surface area is 202 Å². The van der Waals surface area contributed by atoms with Gasteiger partial charge in [-0.2, -0.15) is 4.31 Å². The molecule has 1 amide bonds. The van der Waals surface area contributed by atoms with E-state index >= 15 is 0 Å². The van der Waals surface area contributed by atoms with Gasteiger partial charge in [-0.25, -0.2) is 8.42 Å². The fourth-order valence-electron chi connectivity index (χ4n) is 3.96. The highest BCUT2D eigenvalue weighted by Crippen LogP contribution is 2.21. The summed E-state index contributed by atoms with van der Waals surface area (Å²) in [5.41, 5.74) is 3.06. The molecule has 1 heterocycles. The molecule has 3 rings (SSSR count). The van der Waals surface area contributed by atoms with Crippen molar-refractivity contribution >= 4 is 21.9 Å². The van der Waals surface area contributed by atoms with Crippen LogP contribution >= 0.6 is 0 Å². The molecule has 1 N–H and O–H groups in total. The smallest absolute Gasteiger partial charge is 0.306 e. The first kappa shape index (κ1) is 25.9. The lowest BCUT2D eigenvalue weighted by Gasteiger charge is -2.25. The van der Waals surface area contributed by atoms with Crippen LogP contribution in [0, 0.1) is 0 Å².